The Hall–Kier alpha value is -1.82. The molecule has 5 nitrogen and oxygen atoms in total. The Balaban J connectivity index is 3.16. The molecular weight excluding hydrogens is 267 g/mol. The minimum absolute atomic E-state index is 0.0368. The Morgan fingerprint density at radius 3 is 2.55 bits per heavy atom. The average molecular weight is 286 g/mol. The lowest BCUT2D eigenvalue weighted by Crippen LogP contribution is -2.40. The molecule has 1 aromatic rings. The number of aliphatic hydroxyl groups is 1. The van der Waals surface area contributed by atoms with Crippen LogP contribution in [0.25, 0.3) is 0 Å². The molecule has 0 aromatic heterocycles. The van der Waals surface area contributed by atoms with Crippen LogP contribution >= 0.6 is 0 Å². The number of hydrogen-bond donors (Lipinski definition) is 1. The molecule has 1 N–H and O–H groups in total. The Kier molecular flexibility index (Phi) is 5.33. The molecule has 0 spiro atoms. The van der Waals surface area contributed by atoms with Crippen molar-refractivity contribution in [2.24, 2.45) is 0 Å². The van der Waals surface area contributed by atoms with Crippen molar-refractivity contribution in [3.8, 4) is 11.5 Å². The molecule has 20 heavy (non-hydrogen) atoms. The van der Waals surface area contributed by atoms with Crippen molar-refractivity contribution in [1.29, 1.82) is 0 Å². The lowest BCUT2D eigenvalue weighted by molar-refractivity contribution is -0.160. The van der Waals surface area contributed by atoms with Gasteiger partial charge >= 0.3 is 5.97 Å². The van der Waals surface area contributed by atoms with E-state index in [4.69, 9.17) is 9.47 Å². The fraction of sp³-hybridized carbons (Fsp3) is 0.500. The second-order valence-electron chi connectivity index (χ2n) is 4.33. The average Bonchev–Trinajstić information content (AvgIpc) is 2.45. The van der Waals surface area contributed by atoms with Gasteiger partial charge in [0.2, 0.25) is 6.17 Å². The summed E-state index contributed by atoms with van der Waals surface area (Å²) >= 11 is 0. The standard InChI is InChI=1S/C14H19FO5/c1-5-20-13(16)12(15)14(2,17)10-7-6-9(18-3)8-11(10)19-4/h6-8,12,17H,5H2,1-4H3. The number of alkyl halides is 1. The molecular formula is C14H19FO5. The summed E-state index contributed by atoms with van der Waals surface area (Å²) in [6, 6.07) is 4.50. The number of methoxy groups -OCH3 is 2. The van der Waals surface area contributed by atoms with Gasteiger partial charge in [-0.1, -0.05) is 0 Å². The van der Waals surface area contributed by atoms with Crippen LogP contribution in [0, 0.1) is 0 Å². The van der Waals surface area contributed by atoms with E-state index in [9.17, 15) is 14.3 Å². The SMILES string of the molecule is CCOC(=O)C(F)C(C)(O)c1ccc(OC)cc1OC. The van der Waals surface area contributed by atoms with Gasteiger partial charge in [-0.25, -0.2) is 9.18 Å². The van der Waals surface area contributed by atoms with E-state index >= 15 is 0 Å². The molecule has 0 aliphatic rings. The zero-order chi connectivity index (χ0) is 15.3. The van der Waals surface area contributed by atoms with Gasteiger partial charge in [0.25, 0.3) is 0 Å². The molecule has 0 bridgehead atoms. The predicted octanol–water partition coefficient (Wildman–Crippen LogP) is 1.81. The van der Waals surface area contributed by atoms with Crippen LogP contribution in [0.5, 0.6) is 11.5 Å². The van der Waals surface area contributed by atoms with E-state index in [0.717, 1.165) is 0 Å². The third-order valence-corrected chi connectivity index (χ3v) is 2.94. The lowest BCUT2D eigenvalue weighted by atomic mass is 9.90. The van der Waals surface area contributed by atoms with Crippen molar-refractivity contribution < 1.29 is 28.5 Å². The molecule has 2 unspecified atom stereocenters. The highest BCUT2D eigenvalue weighted by Gasteiger charge is 2.42. The fourth-order valence-corrected chi connectivity index (χ4v) is 1.80. The molecule has 0 amide bonds. The van der Waals surface area contributed by atoms with Crippen molar-refractivity contribution in [3.05, 3.63) is 23.8 Å². The topological polar surface area (TPSA) is 65.0 Å². The Labute approximate surface area is 117 Å². The second-order valence-corrected chi connectivity index (χ2v) is 4.33. The molecule has 0 radical (unpaired) electrons. The molecule has 0 saturated carbocycles. The summed E-state index contributed by atoms with van der Waals surface area (Å²) in [5.41, 5.74) is -1.93. The smallest absolute Gasteiger partial charge is 0.344 e. The molecule has 1 rings (SSSR count). The van der Waals surface area contributed by atoms with Crippen LogP contribution in [0.4, 0.5) is 4.39 Å². The number of rotatable bonds is 6. The number of hydrogen-bond acceptors (Lipinski definition) is 5. The first kappa shape index (κ1) is 16.2. The normalized spacial score (nSPS) is 15.1. The Morgan fingerprint density at radius 1 is 1.40 bits per heavy atom. The van der Waals surface area contributed by atoms with E-state index in [1.54, 1.807) is 13.0 Å². The van der Waals surface area contributed by atoms with Crippen LogP contribution in [0.3, 0.4) is 0 Å². The summed E-state index contributed by atoms with van der Waals surface area (Å²) in [6.45, 7) is 2.79. The highest BCUT2D eigenvalue weighted by molar-refractivity contribution is 5.76. The third kappa shape index (κ3) is 3.19. The summed E-state index contributed by atoms with van der Waals surface area (Å²) in [5, 5.41) is 10.3. The van der Waals surface area contributed by atoms with Gasteiger partial charge in [-0.05, 0) is 26.0 Å². The van der Waals surface area contributed by atoms with Crippen molar-refractivity contribution in [1.82, 2.24) is 0 Å². The minimum Gasteiger partial charge on any atom is -0.497 e. The van der Waals surface area contributed by atoms with E-state index in [1.807, 2.05) is 0 Å². The van der Waals surface area contributed by atoms with Crippen molar-refractivity contribution in [3.63, 3.8) is 0 Å². The zero-order valence-corrected chi connectivity index (χ0v) is 12.0. The molecule has 0 heterocycles. The molecule has 0 aliphatic carbocycles. The van der Waals surface area contributed by atoms with Crippen LogP contribution in [-0.4, -0.2) is 38.1 Å². The Bertz CT molecular complexity index is 473. The van der Waals surface area contributed by atoms with E-state index in [0.29, 0.717) is 5.75 Å². The first-order valence-corrected chi connectivity index (χ1v) is 6.14. The highest BCUT2D eigenvalue weighted by Crippen LogP contribution is 2.36. The van der Waals surface area contributed by atoms with Gasteiger partial charge in [-0.15, -0.1) is 0 Å². The van der Waals surface area contributed by atoms with Crippen LogP contribution in [0.15, 0.2) is 18.2 Å². The van der Waals surface area contributed by atoms with Crippen LogP contribution in [0.2, 0.25) is 0 Å². The highest BCUT2D eigenvalue weighted by atomic mass is 19.1. The number of carbonyl (C=O) groups is 1. The van der Waals surface area contributed by atoms with E-state index < -0.39 is 17.7 Å². The maximum Gasteiger partial charge on any atom is 0.344 e. The predicted molar refractivity (Wildman–Crippen MR) is 70.6 cm³/mol. The van der Waals surface area contributed by atoms with Crippen LogP contribution < -0.4 is 9.47 Å². The quantitative estimate of drug-likeness (QED) is 0.808. The van der Waals surface area contributed by atoms with Gasteiger partial charge in [0.1, 0.15) is 17.1 Å². The van der Waals surface area contributed by atoms with Crippen molar-refractivity contribution in [2.45, 2.75) is 25.6 Å². The summed E-state index contributed by atoms with van der Waals surface area (Å²) in [4.78, 5) is 11.5. The molecule has 1 aromatic carbocycles. The monoisotopic (exact) mass is 286 g/mol. The van der Waals surface area contributed by atoms with E-state index in [1.165, 1.54) is 33.3 Å². The first-order valence-electron chi connectivity index (χ1n) is 6.14. The summed E-state index contributed by atoms with van der Waals surface area (Å²) in [5.74, 6) is -0.399. The minimum atomic E-state index is -2.22. The van der Waals surface area contributed by atoms with E-state index in [-0.39, 0.29) is 17.9 Å². The van der Waals surface area contributed by atoms with Gasteiger partial charge in [-0.3, -0.25) is 0 Å². The Morgan fingerprint density at radius 2 is 2.05 bits per heavy atom. The molecule has 2 atom stereocenters. The molecule has 0 saturated heterocycles. The van der Waals surface area contributed by atoms with Gasteiger partial charge in [-0.2, -0.15) is 0 Å². The number of carbonyl (C=O) groups excluding carboxylic acids is 1. The van der Waals surface area contributed by atoms with Crippen LogP contribution in [-0.2, 0) is 15.1 Å². The molecule has 6 heteroatoms. The number of ether oxygens (including phenoxy) is 3. The number of benzene rings is 1. The van der Waals surface area contributed by atoms with E-state index in [2.05, 4.69) is 4.74 Å². The third-order valence-electron chi connectivity index (χ3n) is 2.94. The van der Waals surface area contributed by atoms with Gasteiger partial charge in [0.15, 0.2) is 0 Å². The van der Waals surface area contributed by atoms with Gasteiger partial charge in [0.05, 0.1) is 20.8 Å². The summed E-state index contributed by atoms with van der Waals surface area (Å²) in [7, 11) is 2.86. The number of halogens is 1. The maximum atomic E-state index is 14.1. The lowest BCUT2D eigenvalue weighted by Gasteiger charge is -2.28. The van der Waals surface area contributed by atoms with Gasteiger partial charge < -0.3 is 19.3 Å². The molecule has 112 valence electrons. The fourth-order valence-electron chi connectivity index (χ4n) is 1.80. The number of esters is 1. The van der Waals surface area contributed by atoms with Gasteiger partial charge in [0, 0.05) is 11.6 Å². The van der Waals surface area contributed by atoms with Crippen LogP contribution in [0.1, 0.15) is 19.4 Å². The molecule has 0 fully saturated rings. The second kappa shape index (κ2) is 6.56. The molecule has 0 aliphatic heterocycles. The van der Waals surface area contributed by atoms with Crippen molar-refractivity contribution in [2.75, 3.05) is 20.8 Å². The first-order chi connectivity index (χ1) is 9.38. The van der Waals surface area contributed by atoms with Crippen molar-refractivity contribution >= 4 is 5.97 Å². The largest absolute Gasteiger partial charge is 0.497 e. The maximum absolute atomic E-state index is 14.1. The summed E-state index contributed by atoms with van der Waals surface area (Å²) < 4.78 is 28.9. The summed E-state index contributed by atoms with van der Waals surface area (Å²) in [6.07, 6.45) is -2.22. The zero-order valence-electron chi connectivity index (χ0n) is 12.0.